The van der Waals surface area contributed by atoms with Crippen LogP contribution in [-0.2, 0) is 6.42 Å². The lowest BCUT2D eigenvalue weighted by molar-refractivity contribution is 0.172. The third kappa shape index (κ3) is 5.42. The maximum Gasteiger partial charge on any atom is 0.317 e. The summed E-state index contributed by atoms with van der Waals surface area (Å²) in [7, 11) is 0. The van der Waals surface area contributed by atoms with E-state index in [0.29, 0.717) is 43.6 Å². The number of ether oxygens (including phenoxy) is 1. The van der Waals surface area contributed by atoms with E-state index in [9.17, 15) is 9.18 Å². The van der Waals surface area contributed by atoms with Crippen LogP contribution in [0.15, 0.2) is 28.8 Å². The van der Waals surface area contributed by atoms with E-state index in [4.69, 9.17) is 9.26 Å². The molecule has 8 heteroatoms. The number of likely N-dealkylation sites (tertiary alicyclic amines) is 1. The Labute approximate surface area is 157 Å². The van der Waals surface area contributed by atoms with Crippen molar-refractivity contribution in [1.82, 2.24) is 20.4 Å². The molecule has 0 saturated carbocycles. The van der Waals surface area contributed by atoms with Crippen LogP contribution in [0.3, 0.4) is 0 Å². The number of carbonyl (C=O) groups is 1. The fourth-order valence-corrected chi connectivity index (χ4v) is 3.03. The van der Waals surface area contributed by atoms with Gasteiger partial charge >= 0.3 is 6.03 Å². The average Bonchev–Trinajstić information content (AvgIpc) is 3.17. The minimum Gasteiger partial charge on any atom is -0.493 e. The SMILES string of the molecule is CCCNC(=O)N1CCCC(c2nc(CCOc3ccc(F)cc3)no2)C1. The number of amides is 2. The van der Waals surface area contributed by atoms with Crippen molar-refractivity contribution < 1.29 is 18.4 Å². The fraction of sp³-hybridized carbons (Fsp3) is 0.526. The van der Waals surface area contributed by atoms with Crippen LogP contribution in [-0.4, -0.2) is 47.3 Å². The molecule has 1 N–H and O–H groups in total. The lowest BCUT2D eigenvalue weighted by Gasteiger charge is -2.31. The first-order valence-corrected chi connectivity index (χ1v) is 9.39. The van der Waals surface area contributed by atoms with Gasteiger partial charge in [-0.1, -0.05) is 12.1 Å². The zero-order chi connectivity index (χ0) is 19.1. The minimum atomic E-state index is -0.296. The summed E-state index contributed by atoms with van der Waals surface area (Å²) in [6.45, 7) is 4.42. The molecule has 1 saturated heterocycles. The molecule has 7 nitrogen and oxygen atoms in total. The molecule has 2 aromatic rings. The van der Waals surface area contributed by atoms with Crippen molar-refractivity contribution in [3.8, 4) is 5.75 Å². The number of hydrogen-bond donors (Lipinski definition) is 1. The number of hydrogen-bond acceptors (Lipinski definition) is 5. The van der Waals surface area contributed by atoms with Gasteiger partial charge in [0.15, 0.2) is 5.82 Å². The van der Waals surface area contributed by atoms with E-state index >= 15 is 0 Å². The van der Waals surface area contributed by atoms with Gasteiger partial charge in [0.25, 0.3) is 0 Å². The van der Waals surface area contributed by atoms with Crippen molar-refractivity contribution >= 4 is 6.03 Å². The normalized spacial score (nSPS) is 17.0. The van der Waals surface area contributed by atoms with E-state index in [1.54, 1.807) is 12.1 Å². The highest BCUT2D eigenvalue weighted by Gasteiger charge is 2.28. The van der Waals surface area contributed by atoms with Crippen LogP contribution >= 0.6 is 0 Å². The second kappa shape index (κ2) is 9.34. The Balaban J connectivity index is 1.49. The van der Waals surface area contributed by atoms with Gasteiger partial charge in [-0.2, -0.15) is 4.98 Å². The summed E-state index contributed by atoms with van der Waals surface area (Å²) in [5, 5.41) is 6.92. The number of rotatable bonds is 7. The first kappa shape index (κ1) is 19.1. The molecule has 3 rings (SSSR count). The maximum atomic E-state index is 12.9. The molecule has 0 radical (unpaired) electrons. The summed E-state index contributed by atoms with van der Waals surface area (Å²) in [4.78, 5) is 18.4. The van der Waals surface area contributed by atoms with E-state index in [-0.39, 0.29) is 17.8 Å². The smallest absolute Gasteiger partial charge is 0.317 e. The molecule has 0 bridgehead atoms. The summed E-state index contributed by atoms with van der Waals surface area (Å²) in [6.07, 6.45) is 3.24. The molecular formula is C19H25FN4O3. The fourth-order valence-electron chi connectivity index (χ4n) is 3.03. The predicted octanol–water partition coefficient (Wildman–Crippen LogP) is 3.13. The molecule has 1 unspecified atom stereocenters. The summed E-state index contributed by atoms with van der Waals surface area (Å²) in [5.74, 6) is 1.50. The second-order valence-electron chi connectivity index (χ2n) is 6.62. The van der Waals surface area contributed by atoms with Crippen LogP contribution < -0.4 is 10.1 Å². The lowest BCUT2D eigenvalue weighted by atomic mass is 9.98. The molecule has 1 atom stereocenters. The third-order valence-corrected chi connectivity index (χ3v) is 4.48. The molecule has 146 valence electrons. The van der Waals surface area contributed by atoms with Crippen molar-refractivity contribution in [3.63, 3.8) is 0 Å². The Kier molecular flexibility index (Phi) is 6.62. The second-order valence-corrected chi connectivity index (χ2v) is 6.62. The van der Waals surface area contributed by atoms with Gasteiger partial charge < -0.3 is 19.5 Å². The number of nitrogens with one attached hydrogen (secondary N) is 1. The third-order valence-electron chi connectivity index (χ3n) is 4.48. The van der Waals surface area contributed by atoms with Gasteiger partial charge in [0.2, 0.25) is 5.89 Å². The number of piperidine rings is 1. The van der Waals surface area contributed by atoms with Crippen molar-refractivity contribution in [2.45, 2.75) is 38.5 Å². The maximum absolute atomic E-state index is 12.9. The summed E-state index contributed by atoms with van der Waals surface area (Å²) in [6, 6.07) is 5.84. The van der Waals surface area contributed by atoms with Crippen molar-refractivity contribution in [2.75, 3.05) is 26.2 Å². The van der Waals surface area contributed by atoms with E-state index in [1.165, 1.54) is 12.1 Å². The molecule has 0 spiro atoms. The van der Waals surface area contributed by atoms with E-state index in [2.05, 4.69) is 15.5 Å². The van der Waals surface area contributed by atoms with Crippen LogP contribution in [0.4, 0.5) is 9.18 Å². The number of halogens is 1. The van der Waals surface area contributed by atoms with Crippen LogP contribution in [0.2, 0.25) is 0 Å². The number of benzene rings is 1. The average molecular weight is 376 g/mol. The molecule has 1 aromatic heterocycles. The topological polar surface area (TPSA) is 80.5 Å². The van der Waals surface area contributed by atoms with E-state index in [1.807, 2.05) is 11.8 Å². The van der Waals surface area contributed by atoms with Gasteiger partial charge in [0.1, 0.15) is 11.6 Å². The van der Waals surface area contributed by atoms with Gasteiger partial charge in [0.05, 0.1) is 12.5 Å². The number of carbonyl (C=O) groups excluding carboxylic acids is 1. The van der Waals surface area contributed by atoms with Crippen LogP contribution in [0.5, 0.6) is 5.75 Å². The Morgan fingerprint density at radius 2 is 2.22 bits per heavy atom. The van der Waals surface area contributed by atoms with Crippen LogP contribution in [0, 0.1) is 5.82 Å². The quantitative estimate of drug-likeness (QED) is 0.803. The minimum absolute atomic E-state index is 0.0333. The number of urea groups is 1. The molecule has 2 amide bonds. The molecule has 2 heterocycles. The standard InChI is InChI=1S/C19H25FN4O3/c1-2-10-21-19(25)24-11-3-4-14(13-24)18-22-17(23-27-18)9-12-26-16-7-5-15(20)6-8-16/h5-8,14H,2-4,9-13H2,1H3,(H,21,25). The molecule has 1 fully saturated rings. The summed E-state index contributed by atoms with van der Waals surface area (Å²) < 4.78 is 23.8. The summed E-state index contributed by atoms with van der Waals surface area (Å²) >= 11 is 0. The Morgan fingerprint density at radius 3 is 3.00 bits per heavy atom. The van der Waals surface area contributed by atoms with Gasteiger partial charge in [-0.25, -0.2) is 9.18 Å². The van der Waals surface area contributed by atoms with Crippen molar-refractivity contribution in [3.05, 3.63) is 41.8 Å². The van der Waals surface area contributed by atoms with E-state index < -0.39 is 0 Å². The monoisotopic (exact) mass is 376 g/mol. The lowest BCUT2D eigenvalue weighted by Crippen LogP contribution is -2.45. The molecule has 1 aliphatic rings. The predicted molar refractivity (Wildman–Crippen MR) is 97.1 cm³/mol. The highest BCUT2D eigenvalue weighted by Crippen LogP contribution is 2.25. The molecule has 1 aromatic carbocycles. The summed E-state index contributed by atoms with van der Waals surface area (Å²) in [5.41, 5.74) is 0. The highest BCUT2D eigenvalue weighted by molar-refractivity contribution is 5.74. The van der Waals surface area contributed by atoms with Crippen LogP contribution in [0.1, 0.15) is 43.8 Å². The van der Waals surface area contributed by atoms with Crippen LogP contribution in [0.25, 0.3) is 0 Å². The van der Waals surface area contributed by atoms with Crippen molar-refractivity contribution in [1.29, 1.82) is 0 Å². The first-order valence-electron chi connectivity index (χ1n) is 9.39. The first-order chi connectivity index (χ1) is 13.2. The number of aromatic nitrogens is 2. The van der Waals surface area contributed by atoms with Gasteiger partial charge in [-0.15, -0.1) is 0 Å². The molecule has 1 aliphatic heterocycles. The van der Waals surface area contributed by atoms with E-state index in [0.717, 1.165) is 25.8 Å². The molecular weight excluding hydrogens is 351 g/mol. The highest BCUT2D eigenvalue weighted by atomic mass is 19.1. The van der Waals surface area contributed by atoms with Gasteiger partial charge in [-0.05, 0) is 43.5 Å². The molecule has 27 heavy (non-hydrogen) atoms. The zero-order valence-corrected chi connectivity index (χ0v) is 15.5. The zero-order valence-electron chi connectivity index (χ0n) is 15.5. The Morgan fingerprint density at radius 1 is 1.41 bits per heavy atom. The largest absolute Gasteiger partial charge is 0.493 e. The Bertz CT molecular complexity index is 735. The molecule has 0 aliphatic carbocycles. The van der Waals surface area contributed by atoms with Gasteiger partial charge in [-0.3, -0.25) is 0 Å². The van der Waals surface area contributed by atoms with Crippen molar-refractivity contribution in [2.24, 2.45) is 0 Å². The number of nitrogens with zero attached hydrogens (tertiary/aromatic N) is 3. The Hall–Kier alpha value is -2.64. The van der Waals surface area contributed by atoms with Gasteiger partial charge in [0, 0.05) is 26.1 Å².